The van der Waals surface area contributed by atoms with Gasteiger partial charge in [0.15, 0.2) is 0 Å². The van der Waals surface area contributed by atoms with E-state index >= 15 is 0 Å². The van der Waals surface area contributed by atoms with Gasteiger partial charge in [0.05, 0.1) is 6.61 Å². The number of aromatic nitrogens is 2. The van der Waals surface area contributed by atoms with Crippen molar-refractivity contribution in [3.8, 4) is 16.3 Å². The average Bonchev–Trinajstić information content (AvgIpc) is 3.36. The van der Waals surface area contributed by atoms with Crippen LogP contribution in [0.15, 0.2) is 24.3 Å². The first kappa shape index (κ1) is 28.2. The van der Waals surface area contributed by atoms with E-state index in [-0.39, 0.29) is 0 Å². The van der Waals surface area contributed by atoms with Crippen LogP contribution in [0, 0.1) is 11.3 Å². The maximum absolute atomic E-state index is 6.01. The Balaban J connectivity index is 1.38. The molecule has 0 bridgehead atoms. The van der Waals surface area contributed by atoms with E-state index in [0.717, 1.165) is 35.3 Å². The quantitative estimate of drug-likeness (QED) is 0.216. The molecule has 0 amide bonds. The number of unbranched alkanes of at least 4 members (excludes halogenated alkanes) is 5. The van der Waals surface area contributed by atoms with Gasteiger partial charge in [0, 0.05) is 11.5 Å². The molecule has 4 heteroatoms. The average molecular weight is 499 g/mol. The van der Waals surface area contributed by atoms with Crippen molar-refractivity contribution in [2.45, 2.75) is 130 Å². The van der Waals surface area contributed by atoms with Gasteiger partial charge in [-0.3, -0.25) is 0 Å². The fourth-order valence-electron chi connectivity index (χ4n) is 5.44. The normalized spacial score (nSPS) is 18.6. The predicted molar refractivity (Wildman–Crippen MR) is 151 cm³/mol. The molecule has 3 rings (SSSR count). The van der Waals surface area contributed by atoms with E-state index in [9.17, 15) is 0 Å². The highest BCUT2D eigenvalue weighted by Gasteiger charge is 2.25. The summed E-state index contributed by atoms with van der Waals surface area (Å²) in [6.45, 7) is 10.2. The first-order valence-corrected chi connectivity index (χ1v) is 15.4. The minimum Gasteiger partial charge on any atom is -0.494 e. The molecule has 3 nitrogen and oxygen atoms in total. The van der Waals surface area contributed by atoms with Crippen LogP contribution in [0.3, 0.4) is 0 Å². The summed E-state index contributed by atoms with van der Waals surface area (Å²) in [5, 5.41) is 11.4. The van der Waals surface area contributed by atoms with Crippen molar-refractivity contribution >= 4 is 11.3 Å². The predicted octanol–water partition coefficient (Wildman–Crippen LogP) is 10.2. The van der Waals surface area contributed by atoms with E-state index < -0.39 is 0 Å². The topological polar surface area (TPSA) is 35.0 Å². The first-order chi connectivity index (χ1) is 17.0. The summed E-state index contributed by atoms with van der Waals surface area (Å²) >= 11 is 1.79. The highest BCUT2D eigenvalue weighted by Crippen LogP contribution is 2.40. The zero-order valence-electron chi connectivity index (χ0n) is 23.0. The van der Waals surface area contributed by atoms with Gasteiger partial charge in [-0.15, -0.1) is 10.2 Å². The van der Waals surface area contributed by atoms with Gasteiger partial charge in [0.1, 0.15) is 15.8 Å². The third-order valence-corrected chi connectivity index (χ3v) is 9.06. The lowest BCUT2D eigenvalue weighted by Gasteiger charge is -2.27. The second kappa shape index (κ2) is 15.0. The van der Waals surface area contributed by atoms with Crippen LogP contribution in [0.4, 0.5) is 0 Å². The van der Waals surface area contributed by atoms with Crippen LogP contribution < -0.4 is 4.74 Å². The van der Waals surface area contributed by atoms with E-state index in [0.29, 0.717) is 11.3 Å². The van der Waals surface area contributed by atoms with Crippen LogP contribution in [0.1, 0.15) is 135 Å². The molecule has 35 heavy (non-hydrogen) atoms. The summed E-state index contributed by atoms with van der Waals surface area (Å²) in [5.41, 5.74) is 1.62. The molecule has 1 saturated carbocycles. The largest absolute Gasteiger partial charge is 0.494 e. The number of hydrogen-bond acceptors (Lipinski definition) is 4. The molecule has 2 aromatic rings. The number of rotatable bonds is 16. The van der Waals surface area contributed by atoms with Gasteiger partial charge in [-0.1, -0.05) is 84.0 Å². The molecule has 1 heterocycles. The fraction of sp³-hybridized carbons (Fsp3) is 0.742. The number of benzene rings is 1. The lowest BCUT2D eigenvalue weighted by atomic mass is 9.80. The van der Waals surface area contributed by atoms with Crippen molar-refractivity contribution in [3.05, 3.63) is 29.3 Å². The van der Waals surface area contributed by atoms with E-state index in [2.05, 4.69) is 62.2 Å². The Morgan fingerprint density at radius 2 is 1.54 bits per heavy atom. The molecule has 0 aliphatic heterocycles. The molecule has 1 aliphatic rings. The molecule has 0 radical (unpaired) electrons. The van der Waals surface area contributed by atoms with Crippen molar-refractivity contribution in [2.24, 2.45) is 11.3 Å². The van der Waals surface area contributed by atoms with Gasteiger partial charge in [-0.05, 0) is 87.0 Å². The van der Waals surface area contributed by atoms with E-state index in [1.165, 1.54) is 94.9 Å². The van der Waals surface area contributed by atoms with Crippen molar-refractivity contribution in [3.63, 3.8) is 0 Å². The van der Waals surface area contributed by atoms with Crippen molar-refractivity contribution < 1.29 is 4.74 Å². The molecule has 0 unspecified atom stereocenters. The minimum atomic E-state index is 0.464. The molecular weight excluding hydrogens is 448 g/mol. The van der Waals surface area contributed by atoms with E-state index in [1.54, 1.807) is 11.3 Å². The maximum atomic E-state index is 6.01. The standard InChI is InChI=1S/C31H50N2OS/c1-5-7-9-10-13-25-14-16-26(17-15-25)29-32-33-30(35-29)27-18-20-28(21-19-27)34-24-12-11-23-31(3,4)22-8-6-2/h18-21,25-26H,5-17,22-24H2,1-4H3. The molecular formula is C31H50N2OS. The maximum Gasteiger partial charge on any atom is 0.147 e. The van der Waals surface area contributed by atoms with Crippen LogP contribution in [0.5, 0.6) is 5.75 Å². The van der Waals surface area contributed by atoms with Crippen LogP contribution in [0.25, 0.3) is 10.6 Å². The Kier molecular flexibility index (Phi) is 12.0. The Bertz CT molecular complexity index is 821. The summed E-state index contributed by atoms with van der Waals surface area (Å²) in [4.78, 5) is 0. The van der Waals surface area contributed by atoms with E-state index in [1.807, 2.05) is 0 Å². The minimum absolute atomic E-state index is 0.464. The molecule has 0 N–H and O–H groups in total. The lowest BCUT2D eigenvalue weighted by Crippen LogP contribution is -2.13. The number of hydrogen-bond donors (Lipinski definition) is 0. The monoisotopic (exact) mass is 498 g/mol. The summed E-state index contributed by atoms with van der Waals surface area (Å²) in [6.07, 6.45) is 19.9. The second-order valence-electron chi connectivity index (χ2n) is 11.6. The van der Waals surface area contributed by atoms with Gasteiger partial charge in [0.2, 0.25) is 0 Å². The van der Waals surface area contributed by atoms with Crippen LogP contribution in [-0.2, 0) is 0 Å². The number of ether oxygens (including phenoxy) is 1. The molecule has 1 aliphatic carbocycles. The van der Waals surface area contributed by atoms with Gasteiger partial charge in [-0.25, -0.2) is 0 Å². The molecule has 0 saturated heterocycles. The highest BCUT2D eigenvalue weighted by atomic mass is 32.1. The van der Waals surface area contributed by atoms with Crippen molar-refractivity contribution in [1.82, 2.24) is 10.2 Å². The highest BCUT2D eigenvalue weighted by molar-refractivity contribution is 7.14. The molecule has 0 spiro atoms. The van der Waals surface area contributed by atoms with Crippen molar-refractivity contribution in [1.29, 1.82) is 0 Å². The summed E-state index contributed by atoms with van der Waals surface area (Å²) < 4.78 is 6.01. The molecule has 1 aromatic carbocycles. The third-order valence-electron chi connectivity index (χ3n) is 7.93. The Hall–Kier alpha value is -1.42. The molecule has 1 aromatic heterocycles. The van der Waals surface area contributed by atoms with Crippen LogP contribution >= 0.6 is 11.3 Å². The van der Waals surface area contributed by atoms with E-state index in [4.69, 9.17) is 4.74 Å². The van der Waals surface area contributed by atoms with Gasteiger partial charge >= 0.3 is 0 Å². The van der Waals surface area contributed by atoms with Gasteiger partial charge in [-0.2, -0.15) is 0 Å². The fourth-order valence-corrected chi connectivity index (χ4v) is 6.46. The zero-order valence-corrected chi connectivity index (χ0v) is 23.8. The Morgan fingerprint density at radius 3 is 2.26 bits per heavy atom. The van der Waals surface area contributed by atoms with Crippen molar-refractivity contribution in [2.75, 3.05) is 6.61 Å². The summed E-state index contributed by atoms with van der Waals surface area (Å²) in [7, 11) is 0. The summed E-state index contributed by atoms with van der Waals surface area (Å²) in [6, 6.07) is 8.46. The SMILES string of the molecule is CCCCCCC1CCC(c2nnc(-c3ccc(OCCCCC(C)(C)CCCC)cc3)s2)CC1. The molecule has 0 atom stereocenters. The zero-order chi connectivity index (χ0) is 24.9. The molecule has 1 fully saturated rings. The smallest absolute Gasteiger partial charge is 0.147 e. The Labute approximate surface area is 219 Å². The van der Waals surface area contributed by atoms with Gasteiger partial charge < -0.3 is 4.74 Å². The second-order valence-corrected chi connectivity index (χ2v) is 12.6. The number of nitrogens with zero attached hydrogens (tertiary/aromatic N) is 2. The van der Waals surface area contributed by atoms with Crippen LogP contribution in [0.2, 0.25) is 0 Å². The first-order valence-electron chi connectivity index (χ1n) is 14.6. The summed E-state index contributed by atoms with van der Waals surface area (Å²) in [5.74, 6) is 2.51. The Morgan fingerprint density at radius 1 is 0.829 bits per heavy atom. The lowest BCUT2D eigenvalue weighted by molar-refractivity contribution is 0.259. The van der Waals surface area contributed by atoms with Gasteiger partial charge in [0.25, 0.3) is 0 Å². The molecule has 196 valence electrons. The van der Waals surface area contributed by atoms with Crippen LogP contribution in [-0.4, -0.2) is 16.8 Å². The third kappa shape index (κ3) is 9.86.